The van der Waals surface area contributed by atoms with Gasteiger partial charge in [0, 0.05) is 6.21 Å². The van der Waals surface area contributed by atoms with Crippen molar-refractivity contribution >= 4 is 12.1 Å². The first-order chi connectivity index (χ1) is 13.3. The number of aliphatic imine (C=N–C) groups is 1. The Bertz CT molecular complexity index is 1110. The van der Waals surface area contributed by atoms with Gasteiger partial charge in [-0.05, 0) is 42.0 Å². The second kappa shape index (κ2) is 7.10. The molecule has 132 valence electrons. The minimum atomic E-state index is 0.179. The van der Waals surface area contributed by atoms with Crippen LogP contribution < -0.4 is 4.74 Å². The van der Waals surface area contributed by atoms with Crippen molar-refractivity contribution in [1.82, 2.24) is 0 Å². The van der Waals surface area contributed by atoms with E-state index in [0.29, 0.717) is 28.6 Å². The lowest BCUT2D eigenvalue weighted by molar-refractivity contribution is 0.415. The van der Waals surface area contributed by atoms with Crippen molar-refractivity contribution in [2.24, 2.45) is 4.99 Å². The van der Waals surface area contributed by atoms with Gasteiger partial charge in [0.05, 0.1) is 25.2 Å². The summed E-state index contributed by atoms with van der Waals surface area (Å²) in [6.45, 7) is 0. The van der Waals surface area contributed by atoms with E-state index in [-0.39, 0.29) is 11.4 Å². The molecule has 0 fully saturated rings. The number of hydrogen-bond acceptors (Lipinski definition) is 6. The van der Waals surface area contributed by atoms with E-state index in [9.17, 15) is 5.26 Å². The molecule has 4 rings (SSSR count). The number of nitriles is 1. The molecule has 0 saturated heterocycles. The number of nitrogens with zero attached hydrogens (tertiary/aromatic N) is 2. The molecule has 3 heterocycles. The highest BCUT2D eigenvalue weighted by atomic mass is 16.5. The van der Waals surface area contributed by atoms with Crippen molar-refractivity contribution in [3.05, 3.63) is 72.2 Å². The fourth-order valence-corrected chi connectivity index (χ4v) is 2.71. The summed E-state index contributed by atoms with van der Waals surface area (Å²) < 4.78 is 22.0. The average molecular weight is 358 g/mol. The Morgan fingerprint density at radius 2 is 1.81 bits per heavy atom. The summed E-state index contributed by atoms with van der Waals surface area (Å²) in [5.74, 6) is 2.28. The van der Waals surface area contributed by atoms with Crippen LogP contribution in [-0.2, 0) is 0 Å². The van der Waals surface area contributed by atoms with Crippen LogP contribution in [0.15, 0.2) is 79.3 Å². The van der Waals surface area contributed by atoms with Crippen LogP contribution in [0.2, 0.25) is 0 Å². The predicted octanol–water partition coefficient (Wildman–Crippen LogP) is 5.43. The molecular weight excluding hydrogens is 344 g/mol. The van der Waals surface area contributed by atoms with Crippen LogP contribution in [-0.4, -0.2) is 13.3 Å². The first-order valence-electron chi connectivity index (χ1n) is 8.13. The van der Waals surface area contributed by atoms with Crippen molar-refractivity contribution in [1.29, 1.82) is 5.26 Å². The molecule has 27 heavy (non-hydrogen) atoms. The van der Waals surface area contributed by atoms with E-state index in [1.165, 1.54) is 12.5 Å². The Kier molecular flexibility index (Phi) is 4.33. The lowest BCUT2D eigenvalue weighted by Crippen LogP contribution is -1.85. The first-order valence-corrected chi connectivity index (χ1v) is 8.13. The lowest BCUT2D eigenvalue weighted by atomic mass is 10.1. The maximum atomic E-state index is 9.71. The van der Waals surface area contributed by atoms with E-state index < -0.39 is 0 Å². The number of furan rings is 3. The second-order valence-electron chi connectivity index (χ2n) is 5.59. The first kappa shape index (κ1) is 16.5. The number of methoxy groups -OCH3 is 1. The number of rotatable bonds is 5. The zero-order valence-corrected chi connectivity index (χ0v) is 14.4. The van der Waals surface area contributed by atoms with E-state index in [1.807, 2.05) is 24.3 Å². The van der Waals surface area contributed by atoms with Gasteiger partial charge in [0.25, 0.3) is 0 Å². The largest absolute Gasteiger partial charge is 0.497 e. The fourth-order valence-electron chi connectivity index (χ4n) is 2.71. The molecule has 0 N–H and O–H groups in total. The summed E-state index contributed by atoms with van der Waals surface area (Å²) >= 11 is 0. The molecule has 4 aromatic rings. The number of ether oxygens (including phenoxy) is 1. The van der Waals surface area contributed by atoms with Crippen LogP contribution in [0.4, 0.5) is 5.88 Å². The van der Waals surface area contributed by atoms with Gasteiger partial charge in [0.1, 0.15) is 23.1 Å². The molecule has 6 heteroatoms. The van der Waals surface area contributed by atoms with Gasteiger partial charge in [0.2, 0.25) is 5.88 Å². The molecule has 3 aromatic heterocycles. The maximum absolute atomic E-state index is 9.71. The monoisotopic (exact) mass is 358 g/mol. The summed E-state index contributed by atoms with van der Waals surface area (Å²) in [5.41, 5.74) is 1.60. The summed E-state index contributed by atoms with van der Waals surface area (Å²) in [7, 11) is 1.60. The van der Waals surface area contributed by atoms with Crippen LogP contribution in [0, 0.1) is 11.3 Å². The van der Waals surface area contributed by atoms with Crippen LogP contribution in [0.5, 0.6) is 5.75 Å². The SMILES string of the molecule is COc1cccc(C=Nc2oc(-c3ccco3)c(-c3ccco3)c2C#N)c1. The zero-order chi connectivity index (χ0) is 18.6. The third-order valence-electron chi connectivity index (χ3n) is 3.94. The van der Waals surface area contributed by atoms with Gasteiger partial charge in [-0.1, -0.05) is 12.1 Å². The molecule has 0 atom stereocenters. The molecule has 0 saturated carbocycles. The Hall–Kier alpha value is -3.98. The molecule has 0 aliphatic heterocycles. The highest BCUT2D eigenvalue weighted by Gasteiger charge is 2.25. The van der Waals surface area contributed by atoms with Crippen molar-refractivity contribution in [2.45, 2.75) is 0 Å². The topological polar surface area (TPSA) is 84.8 Å². The fraction of sp³-hybridized carbons (Fsp3) is 0.0476. The van der Waals surface area contributed by atoms with Gasteiger partial charge in [-0.3, -0.25) is 0 Å². The predicted molar refractivity (Wildman–Crippen MR) is 99.1 cm³/mol. The van der Waals surface area contributed by atoms with Gasteiger partial charge in [-0.2, -0.15) is 5.26 Å². The molecule has 0 amide bonds. The third-order valence-corrected chi connectivity index (χ3v) is 3.94. The van der Waals surface area contributed by atoms with Gasteiger partial charge in [0.15, 0.2) is 11.5 Å². The molecule has 0 bridgehead atoms. The van der Waals surface area contributed by atoms with E-state index in [2.05, 4.69) is 11.1 Å². The number of benzene rings is 1. The van der Waals surface area contributed by atoms with Gasteiger partial charge < -0.3 is 18.0 Å². The van der Waals surface area contributed by atoms with E-state index >= 15 is 0 Å². The molecule has 0 aliphatic carbocycles. The minimum Gasteiger partial charge on any atom is -0.497 e. The molecular formula is C21H14N2O4. The quantitative estimate of drug-likeness (QED) is 0.444. The summed E-state index contributed by atoms with van der Waals surface area (Å²) in [5, 5.41) is 9.71. The maximum Gasteiger partial charge on any atom is 0.238 e. The summed E-state index contributed by atoms with van der Waals surface area (Å²) in [6.07, 6.45) is 4.68. The van der Waals surface area contributed by atoms with E-state index in [1.54, 1.807) is 37.6 Å². The molecule has 0 radical (unpaired) electrons. The van der Waals surface area contributed by atoms with Crippen LogP contribution >= 0.6 is 0 Å². The second-order valence-corrected chi connectivity index (χ2v) is 5.59. The van der Waals surface area contributed by atoms with E-state index in [0.717, 1.165) is 5.56 Å². The molecule has 6 nitrogen and oxygen atoms in total. The zero-order valence-electron chi connectivity index (χ0n) is 14.4. The number of hydrogen-bond donors (Lipinski definition) is 0. The van der Waals surface area contributed by atoms with Gasteiger partial charge in [-0.25, -0.2) is 4.99 Å². The highest BCUT2D eigenvalue weighted by molar-refractivity contribution is 5.87. The molecule has 0 aliphatic rings. The Morgan fingerprint density at radius 3 is 2.48 bits per heavy atom. The van der Waals surface area contributed by atoms with Crippen molar-refractivity contribution < 1.29 is 18.0 Å². The van der Waals surface area contributed by atoms with Crippen LogP contribution in [0.1, 0.15) is 11.1 Å². The van der Waals surface area contributed by atoms with Crippen LogP contribution in [0.3, 0.4) is 0 Å². The Labute approximate surface area is 154 Å². The van der Waals surface area contributed by atoms with Crippen LogP contribution in [0.25, 0.3) is 22.8 Å². The normalized spacial score (nSPS) is 11.0. The Balaban J connectivity index is 1.83. The third kappa shape index (κ3) is 3.14. The van der Waals surface area contributed by atoms with Crippen molar-refractivity contribution in [2.75, 3.05) is 7.11 Å². The minimum absolute atomic E-state index is 0.179. The summed E-state index contributed by atoms with van der Waals surface area (Å²) in [6, 6.07) is 16.6. The van der Waals surface area contributed by atoms with Gasteiger partial charge >= 0.3 is 0 Å². The molecule has 0 unspecified atom stereocenters. The molecule has 1 aromatic carbocycles. The van der Waals surface area contributed by atoms with Gasteiger partial charge in [-0.15, -0.1) is 0 Å². The average Bonchev–Trinajstić information content (AvgIpc) is 3.46. The molecule has 0 spiro atoms. The van der Waals surface area contributed by atoms with Crippen molar-refractivity contribution in [3.8, 4) is 34.7 Å². The van der Waals surface area contributed by atoms with Crippen molar-refractivity contribution in [3.63, 3.8) is 0 Å². The summed E-state index contributed by atoms with van der Waals surface area (Å²) in [4.78, 5) is 4.37. The highest BCUT2D eigenvalue weighted by Crippen LogP contribution is 2.42. The smallest absolute Gasteiger partial charge is 0.238 e. The van der Waals surface area contributed by atoms with E-state index in [4.69, 9.17) is 18.0 Å². The standard InChI is InChI=1S/C21H14N2O4/c1-24-15-6-2-5-14(11-15)13-23-21-16(12-22)19(17-7-3-9-25-17)20(27-21)18-8-4-10-26-18/h2-11,13H,1H3. The lowest BCUT2D eigenvalue weighted by Gasteiger charge is -1.99. The Morgan fingerprint density at radius 1 is 1.04 bits per heavy atom.